The molecular weight excluding hydrogens is 352 g/mol. The lowest BCUT2D eigenvalue weighted by Crippen LogP contribution is -2.49. The van der Waals surface area contributed by atoms with Crippen LogP contribution in [0, 0.1) is 5.92 Å². The number of fused-ring (bicyclic) bond motifs is 4. The van der Waals surface area contributed by atoms with E-state index in [1.165, 1.54) is 19.3 Å². The summed E-state index contributed by atoms with van der Waals surface area (Å²) < 4.78 is 2.02. The van der Waals surface area contributed by atoms with E-state index in [1.54, 1.807) is 0 Å². The molecule has 0 saturated carbocycles. The molecule has 0 aromatic carbocycles. The van der Waals surface area contributed by atoms with Crippen molar-refractivity contribution >= 4 is 5.91 Å². The van der Waals surface area contributed by atoms with Crippen molar-refractivity contribution in [2.45, 2.75) is 64.0 Å². The summed E-state index contributed by atoms with van der Waals surface area (Å²) >= 11 is 0. The molecular formula is C22H34N4O2. The average Bonchev–Trinajstić information content (AvgIpc) is 2.71. The quantitative estimate of drug-likeness (QED) is 0.758. The van der Waals surface area contributed by atoms with Gasteiger partial charge in [-0.1, -0.05) is 12.5 Å². The van der Waals surface area contributed by atoms with Gasteiger partial charge >= 0.3 is 0 Å². The molecule has 0 aliphatic carbocycles. The second-order valence-corrected chi connectivity index (χ2v) is 8.88. The van der Waals surface area contributed by atoms with Crippen LogP contribution in [0.3, 0.4) is 0 Å². The first kappa shape index (κ1) is 19.6. The Morgan fingerprint density at radius 2 is 1.89 bits per heavy atom. The molecule has 1 amide bonds. The van der Waals surface area contributed by atoms with Crippen LogP contribution in [0.5, 0.6) is 0 Å². The van der Waals surface area contributed by atoms with Gasteiger partial charge in [-0.2, -0.15) is 0 Å². The number of unbranched alkanes of at least 4 members (excludes halogenated alkanes) is 1. The van der Waals surface area contributed by atoms with E-state index in [9.17, 15) is 9.59 Å². The van der Waals surface area contributed by atoms with Crippen molar-refractivity contribution in [3.8, 4) is 0 Å². The minimum atomic E-state index is 0.195. The molecule has 4 rings (SSSR count). The van der Waals surface area contributed by atoms with Crippen molar-refractivity contribution in [2.24, 2.45) is 11.7 Å². The summed E-state index contributed by atoms with van der Waals surface area (Å²) in [6, 6.07) is 4.20. The molecule has 28 heavy (non-hydrogen) atoms. The minimum absolute atomic E-state index is 0.195. The lowest BCUT2D eigenvalue weighted by atomic mass is 9.82. The fourth-order valence-electron chi connectivity index (χ4n) is 5.25. The fraction of sp³-hybridized carbons (Fsp3) is 0.727. The van der Waals surface area contributed by atoms with Crippen molar-refractivity contribution < 1.29 is 4.79 Å². The van der Waals surface area contributed by atoms with Crippen molar-refractivity contribution in [1.29, 1.82) is 0 Å². The third-order valence-electron chi connectivity index (χ3n) is 6.72. The maximum Gasteiger partial charge on any atom is 0.255 e. The Hall–Kier alpha value is -1.66. The van der Waals surface area contributed by atoms with Crippen LogP contribution >= 0.6 is 0 Å². The van der Waals surface area contributed by atoms with E-state index in [2.05, 4.69) is 11.0 Å². The van der Waals surface area contributed by atoms with Crippen LogP contribution in [0.2, 0.25) is 0 Å². The zero-order chi connectivity index (χ0) is 19.5. The number of carbonyl (C=O) groups excluding carboxylic acids is 1. The van der Waals surface area contributed by atoms with Crippen LogP contribution in [0.15, 0.2) is 16.9 Å². The molecule has 2 bridgehead atoms. The van der Waals surface area contributed by atoms with Gasteiger partial charge in [0.2, 0.25) is 5.91 Å². The Kier molecular flexibility index (Phi) is 6.16. The largest absolute Gasteiger partial charge is 0.342 e. The summed E-state index contributed by atoms with van der Waals surface area (Å²) in [6.07, 6.45) is 7.26. The topological polar surface area (TPSA) is 71.6 Å². The number of hydrogen-bond acceptors (Lipinski definition) is 4. The average molecular weight is 387 g/mol. The first-order valence-electron chi connectivity index (χ1n) is 11.1. The van der Waals surface area contributed by atoms with Crippen LogP contribution in [-0.2, 0) is 17.9 Å². The number of rotatable bonds is 6. The summed E-state index contributed by atoms with van der Waals surface area (Å²) in [5.41, 5.74) is 7.80. The van der Waals surface area contributed by atoms with Gasteiger partial charge in [-0.25, -0.2) is 0 Å². The number of nitrogens with two attached hydrogens (primary N) is 1. The van der Waals surface area contributed by atoms with Gasteiger partial charge in [-0.15, -0.1) is 0 Å². The molecule has 6 nitrogen and oxygen atoms in total. The zero-order valence-electron chi connectivity index (χ0n) is 16.9. The Morgan fingerprint density at radius 1 is 1.07 bits per heavy atom. The molecule has 2 saturated heterocycles. The van der Waals surface area contributed by atoms with Crippen molar-refractivity contribution in [2.75, 3.05) is 32.7 Å². The van der Waals surface area contributed by atoms with Crippen molar-refractivity contribution in [3.05, 3.63) is 33.7 Å². The summed E-state index contributed by atoms with van der Waals surface area (Å²) in [6.45, 7) is 5.93. The van der Waals surface area contributed by atoms with E-state index < -0.39 is 0 Å². The highest BCUT2D eigenvalue weighted by atomic mass is 16.2. The summed E-state index contributed by atoms with van der Waals surface area (Å²) in [5, 5.41) is 0. The van der Waals surface area contributed by atoms with Crippen LogP contribution in [0.25, 0.3) is 0 Å². The van der Waals surface area contributed by atoms with Gasteiger partial charge in [0.1, 0.15) is 0 Å². The second-order valence-electron chi connectivity index (χ2n) is 8.88. The summed E-state index contributed by atoms with van der Waals surface area (Å²) in [7, 11) is 0. The van der Waals surface area contributed by atoms with Crippen LogP contribution in [0.1, 0.15) is 62.1 Å². The summed E-state index contributed by atoms with van der Waals surface area (Å²) in [4.78, 5) is 30.2. The smallest absolute Gasteiger partial charge is 0.255 e. The molecule has 3 aliphatic rings. The highest BCUT2D eigenvalue weighted by molar-refractivity contribution is 5.76. The van der Waals surface area contributed by atoms with Gasteiger partial charge in [0.25, 0.3) is 5.56 Å². The van der Waals surface area contributed by atoms with Crippen LogP contribution in [0.4, 0.5) is 0 Å². The normalized spacial score (nSPS) is 24.8. The summed E-state index contributed by atoms with van der Waals surface area (Å²) in [5.74, 6) is 0.941. The van der Waals surface area contributed by atoms with E-state index in [4.69, 9.17) is 5.73 Å². The highest BCUT2D eigenvalue weighted by Crippen LogP contribution is 2.35. The van der Waals surface area contributed by atoms with E-state index in [0.717, 1.165) is 69.8 Å². The molecule has 0 unspecified atom stereocenters. The zero-order valence-corrected chi connectivity index (χ0v) is 16.9. The minimum Gasteiger partial charge on any atom is -0.342 e. The molecule has 2 N–H and O–H groups in total. The molecule has 3 aliphatic heterocycles. The first-order chi connectivity index (χ1) is 13.7. The van der Waals surface area contributed by atoms with Gasteiger partial charge in [0.05, 0.1) is 0 Å². The van der Waals surface area contributed by atoms with Gasteiger partial charge in [-0.3, -0.25) is 14.5 Å². The Bertz CT molecular complexity index is 753. The van der Waals surface area contributed by atoms with Crippen molar-refractivity contribution in [1.82, 2.24) is 14.4 Å². The fourth-order valence-corrected chi connectivity index (χ4v) is 5.25. The number of piperidine rings is 2. The maximum atomic E-state index is 13.2. The van der Waals surface area contributed by atoms with Crippen LogP contribution < -0.4 is 11.3 Å². The number of likely N-dealkylation sites (tertiary alicyclic amines) is 2. The number of amides is 1. The predicted molar refractivity (Wildman–Crippen MR) is 110 cm³/mol. The second kappa shape index (κ2) is 8.78. The van der Waals surface area contributed by atoms with E-state index in [-0.39, 0.29) is 11.5 Å². The third-order valence-corrected chi connectivity index (χ3v) is 6.72. The Balaban J connectivity index is 1.47. The number of pyridine rings is 1. The van der Waals surface area contributed by atoms with Gasteiger partial charge < -0.3 is 15.2 Å². The van der Waals surface area contributed by atoms with E-state index >= 15 is 0 Å². The van der Waals surface area contributed by atoms with Crippen molar-refractivity contribution in [3.63, 3.8) is 0 Å². The highest BCUT2D eigenvalue weighted by Gasteiger charge is 2.36. The molecule has 2 fully saturated rings. The molecule has 2 atom stereocenters. The maximum absolute atomic E-state index is 13.2. The molecule has 6 heteroatoms. The predicted octanol–water partition coefficient (Wildman–Crippen LogP) is 1.91. The first-order valence-corrected chi connectivity index (χ1v) is 11.1. The molecule has 0 spiro atoms. The molecule has 0 radical (unpaired) electrons. The monoisotopic (exact) mass is 386 g/mol. The lowest BCUT2D eigenvalue weighted by Gasteiger charge is -2.43. The Labute approximate surface area is 167 Å². The van der Waals surface area contributed by atoms with Gasteiger partial charge in [0, 0.05) is 49.8 Å². The van der Waals surface area contributed by atoms with Gasteiger partial charge in [0.15, 0.2) is 0 Å². The number of nitrogens with zero attached hydrogens (tertiary/aromatic N) is 3. The van der Waals surface area contributed by atoms with Crippen LogP contribution in [-0.4, -0.2) is 53.0 Å². The van der Waals surface area contributed by atoms with E-state index in [1.807, 2.05) is 15.5 Å². The lowest BCUT2D eigenvalue weighted by molar-refractivity contribution is -0.134. The molecule has 154 valence electrons. The molecule has 1 aromatic heterocycles. The number of hydrogen-bond donors (Lipinski definition) is 1. The number of aromatic nitrogens is 1. The molecule has 1 aromatic rings. The SMILES string of the molecule is NCCCCC(=O)N1C[C@@H]2C[C@H](C1)c1ccc(CN3CCCCC3)c(=O)n1C2. The standard InChI is InChI=1S/C22H34N4O2/c23-9-3-2-6-21(27)25-13-17-12-19(16-25)20-8-7-18(22(28)26(20)14-17)15-24-10-4-1-5-11-24/h7-8,17,19H,1-6,9-16,23H2/t17-,19+/m0/s1. The van der Waals surface area contributed by atoms with Gasteiger partial charge in [-0.05, 0) is 63.7 Å². The third kappa shape index (κ3) is 4.18. The number of carbonyl (C=O) groups is 1. The van der Waals surface area contributed by atoms with E-state index in [0.29, 0.717) is 24.8 Å². The molecule has 4 heterocycles. The Morgan fingerprint density at radius 3 is 2.68 bits per heavy atom.